The lowest BCUT2D eigenvalue weighted by Gasteiger charge is -2.42. The SMILES string of the molecule is CCC(C)CC(C)C(C)(CC(C)C)C(C)C. The second-order valence-corrected chi connectivity index (χ2v) is 6.91. The minimum absolute atomic E-state index is 0.512. The van der Waals surface area contributed by atoms with Crippen LogP contribution < -0.4 is 0 Å². The highest BCUT2D eigenvalue weighted by Crippen LogP contribution is 2.44. The lowest BCUT2D eigenvalue weighted by Crippen LogP contribution is -2.33. The third-order valence-corrected chi connectivity index (χ3v) is 4.75. The smallest absolute Gasteiger partial charge is 0.0275 e. The highest BCUT2D eigenvalue weighted by atomic mass is 14.4. The van der Waals surface area contributed by atoms with Crippen molar-refractivity contribution < 1.29 is 0 Å². The van der Waals surface area contributed by atoms with Gasteiger partial charge in [0.2, 0.25) is 0 Å². The molecule has 0 aliphatic rings. The van der Waals surface area contributed by atoms with E-state index in [1.165, 1.54) is 19.3 Å². The number of hydrogen-bond acceptors (Lipinski definition) is 0. The van der Waals surface area contributed by atoms with Crippen LogP contribution in [0.5, 0.6) is 0 Å². The maximum atomic E-state index is 2.50. The fourth-order valence-corrected chi connectivity index (χ4v) is 2.93. The van der Waals surface area contributed by atoms with Gasteiger partial charge in [-0.15, -0.1) is 0 Å². The van der Waals surface area contributed by atoms with Gasteiger partial charge in [-0.05, 0) is 41.9 Å². The van der Waals surface area contributed by atoms with Crippen molar-refractivity contribution in [3.8, 4) is 0 Å². The summed E-state index contributed by atoms with van der Waals surface area (Å²) >= 11 is 0. The van der Waals surface area contributed by atoms with Crippen LogP contribution in [-0.4, -0.2) is 0 Å². The number of rotatable bonds is 7. The summed E-state index contributed by atoms with van der Waals surface area (Å²) in [6, 6.07) is 0. The molecule has 98 valence electrons. The highest BCUT2D eigenvalue weighted by Gasteiger charge is 2.35. The predicted octanol–water partition coefficient (Wildman–Crippen LogP) is 5.77. The van der Waals surface area contributed by atoms with Crippen molar-refractivity contribution in [2.75, 3.05) is 0 Å². The predicted molar refractivity (Wildman–Crippen MR) is 75.6 cm³/mol. The molecule has 0 amide bonds. The van der Waals surface area contributed by atoms with Crippen molar-refractivity contribution in [1.82, 2.24) is 0 Å². The first-order valence-electron chi connectivity index (χ1n) is 7.24. The van der Waals surface area contributed by atoms with Crippen LogP contribution in [-0.2, 0) is 0 Å². The van der Waals surface area contributed by atoms with Gasteiger partial charge >= 0.3 is 0 Å². The number of hydrogen-bond donors (Lipinski definition) is 0. The van der Waals surface area contributed by atoms with Gasteiger partial charge in [-0.1, -0.05) is 61.8 Å². The average Bonchev–Trinajstić information content (AvgIpc) is 2.15. The maximum Gasteiger partial charge on any atom is -0.0275 e. The van der Waals surface area contributed by atoms with Crippen LogP contribution in [0.15, 0.2) is 0 Å². The van der Waals surface area contributed by atoms with Crippen LogP contribution in [0.4, 0.5) is 0 Å². The van der Waals surface area contributed by atoms with Crippen molar-refractivity contribution >= 4 is 0 Å². The van der Waals surface area contributed by atoms with E-state index in [1.807, 2.05) is 0 Å². The van der Waals surface area contributed by atoms with Gasteiger partial charge < -0.3 is 0 Å². The van der Waals surface area contributed by atoms with E-state index >= 15 is 0 Å². The monoisotopic (exact) mass is 226 g/mol. The zero-order valence-corrected chi connectivity index (χ0v) is 12.9. The van der Waals surface area contributed by atoms with Crippen molar-refractivity contribution in [2.45, 2.75) is 74.7 Å². The topological polar surface area (TPSA) is 0 Å². The third kappa shape index (κ3) is 4.47. The molecule has 0 aromatic rings. The molecule has 0 saturated carbocycles. The molecular weight excluding hydrogens is 192 g/mol. The fourth-order valence-electron chi connectivity index (χ4n) is 2.93. The van der Waals surface area contributed by atoms with E-state index in [0.29, 0.717) is 5.41 Å². The van der Waals surface area contributed by atoms with Crippen LogP contribution in [0, 0.1) is 29.1 Å². The van der Waals surface area contributed by atoms with Crippen molar-refractivity contribution in [2.24, 2.45) is 29.1 Å². The van der Waals surface area contributed by atoms with Gasteiger partial charge in [-0.25, -0.2) is 0 Å². The fraction of sp³-hybridized carbons (Fsp3) is 1.00. The van der Waals surface area contributed by atoms with Crippen molar-refractivity contribution in [3.63, 3.8) is 0 Å². The van der Waals surface area contributed by atoms with Crippen LogP contribution in [0.2, 0.25) is 0 Å². The Kier molecular flexibility index (Phi) is 6.67. The highest BCUT2D eigenvalue weighted by molar-refractivity contribution is 4.84. The van der Waals surface area contributed by atoms with Gasteiger partial charge in [0.15, 0.2) is 0 Å². The molecule has 0 radical (unpaired) electrons. The summed E-state index contributed by atoms with van der Waals surface area (Å²) in [6.07, 6.45) is 4.07. The Morgan fingerprint density at radius 2 is 1.44 bits per heavy atom. The molecule has 0 aromatic heterocycles. The lowest BCUT2D eigenvalue weighted by molar-refractivity contribution is 0.0770. The van der Waals surface area contributed by atoms with Gasteiger partial charge in [0, 0.05) is 0 Å². The molecule has 0 rings (SSSR count). The molecule has 0 aliphatic heterocycles. The van der Waals surface area contributed by atoms with E-state index in [1.54, 1.807) is 0 Å². The molecule has 0 aromatic carbocycles. The third-order valence-electron chi connectivity index (χ3n) is 4.75. The van der Waals surface area contributed by atoms with Crippen molar-refractivity contribution in [3.05, 3.63) is 0 Å². The van der Waals surface area contributed by atoms with E-state index in [4.69, 9.17) is 0 Å². The van der Waals surface area contributed by atoms with Gasteiger partial charge in [0.05, 0.1) is 0 Å². The molecule has 0 N–H and O–H groups in total. The summed E-state index contributed by atoms with van der Waals surface area (Å²) in [7, 11) is 0. The van der Waals surface area contributed by atoms with Crippen LogP contribution in [0.1, 0.15) is 74.7 Å². The Bertz CT molecular complexity index is 180. The van der Waals surface area contributed by atoms with Gasteiger partial charge in [0.1, 0.15) is 0 Å². The maximum absolute atomic E-state index is 2.50. The van der Waals surface area contributed by atoms with Gasteiger partial charge in [0.25, 0.3) is 0 Å². The Morgan fingerprint density at radius 3 is 1.75 bits per heavy atom. The minimum Gasteiger partial charge on any atom is -0.0651 e. The molecule has 0 aliphatic carbocycles. The molecule has 0 bridgehead atoms. The van der Waals surface area contributed by atoms with Gasteiger partial charge in [-0.2, -0.15) is 0 Å². The molecule has 16 heavy (non-hydrogen) atoms. The summed E-state index contributed by atoms with van der Waals surface area (Å²) in [4.78, 5) is 0. The van der Waals surface area contributed by atoms with E-state index in [9.17, 15) is 0 Å². The summed E-state index contributed by atoms with van der Waals surface area (Å²) in [5.41, 5.74) is 0.512. The summed E-state index contributed by atoms with van der Waals surface area (Å²) in [5, 5.41) is 0. The molecule has 3 atom stereocenters. The molecule has 0 fully saturated rings. The molecular formula is C16H34. The summed E-state index contributed by atoms with van der Waals surface area (Å²) < 4.78 is 0. The van der Waals surface area contributed by atoms with Gasteiger partial charge in [-0.3, -0.25) is 0 Å². The standard InChI is InChI=1S/C16H34/c1-9-14(6)10-15(7)16(8,13(4)5)11-12(2)3/h12-15H,9-11H2,1-8H3. The average molecular weight is 226 g/mol. The Labute approximate surface area is 104 Å². The largest absolute Gasteiger partial charge is 0.0651 e. The Balaban J connectivity index is 4.62. The molecule has 0 heteroatoms. The van der Waals surface area contributed by atoms with E-state index in [-0.39, 0.29) is 0 Å². The molecule has 0 saturated heterocycles. The van der Waals surface area contributed by atoms with E-state index < -0.39 is 0 Å². The molecule has 0 spiro atoms. The van der Waals surface area contributed by atoms with Crippen LogP contribution in [0.25, 0.3) is 0 Å². The van der Waals surface area contributed by atoms with E-state index in [0.717, 1.165) is 23.7 Å². The minimum atomic E-state index is 0.512. The first-order valence-corrected chi connectivity index (χ1v) is 7.24. The molecule has 0 heterocycles. The Morgan fingerprint density at radius 1 is 0.938 bits per heavy atom. The first kappa shape index (κ1) is 16.0. The Hall–Kier alpha value is 0. The second kappa shape index (κ2) is 6.67. The molecule has 3 unspecified atom stereocenters. The zero-order valence-electron chi connectivity index (χ0n) is 12.9. The van der Waals surface area contributed by atoms with E-state index in [2.05, 4.69) is 55.4 Å². The normalized spacial score (nSPS) is 19.9. The van der Waals surface area contributed by atoms with Crippen LogP contribution in [0.3, 0.4) is 0 Å². The first-order chi connectivity index (χ1) is 7.24. The lowest BCUT2D eigenvalue weighted by atomic mass is 9.63. The molecule has 0 nitrogen and oxygen atoms in total. The van der Waals surface area contributed by atoms with Crippen LogP contribution >= 0.6 is 0 Å². The quantitative estimate of drug-likeness (QED) is 0.517. The summed E-state index contributed by atoms with van der Waals surface area (Å²) in [5.74, 6) is 3.31. The van der Waals surface area contributed by atoms with Crippen molar-refractivity contribution in [1.29, 1.82) is 0 Å². The second-order valence-electron chi connectivity index (χ2n) is 6.91. The zero-order chi connectivity index (χ0) is 12.9. The summed E-state index contributed by atoms with van der Waals surface area (Å²) in [6.45, 7) is 19.2.